The summed E-state index contributed by atoms with van der Waals surface area (Å²) in [4.78, 5) is 13.6. The Labute approximate surface area is 126 Å². The fourth-order valence-electron chi connectivity index (χ4n) is 3.08. The summed E-state index contributed by atoms with van der Waals surface area (Å²) in [5, 5.41) is 18.0. The lowest BCUT2D eigenvalue weighted by Crippen LogP contribution is -2.38. The average molecular weight is 286 g/mol. The zero-order valence-electron chi connectivity index (χ0n) is 12.7. The Balaban J connectivity index is 2.08. The van der Waals surface area contributed by atoms with E-state index >= 15 is 0 Å². The van der Waals surface area contributed by atoms with Crippen LogP contribution in [0.25, 0.3) is 0 Å². The van der Waals surface area contributed by atoms with Gasteiger partial charge in [-0.05, 0) is 35.4 Å². The normalized spacial score (nSPS) is 15.3. The van der Waals surface area contributed by atoms with Crippen LogP contribution in [0.1, 0.15) is 48.2 Å². The van der Waals surface area contributed by atoms with E-state index in [-0.39, 0.29) is 5.41 Å². The summed E-state index contributed by atoms with van der Waals surface area (Å²) >= 11 is 0. The van der Waals surface area contributed by atoms with Crippen LogP contribution in [0.5, 0.6) is 0 Å². The Kier molecular flexibility index (Phi) is 4.64. The van der Waals surface area contributed by atoms with E-state index in [0.717, 1.165) is 43.6 Å². The largest absolute Gasteiger partial charge is 0.478 e. The highest BCUT2D eigenvalue weighted by Gasteiger charge is 2.26. The van der Waals surface area contributed by atoms with Crippen LogP contribution in [0.2, 0.25) is 0 Å². The molecule has 0 aliphatic carbocycles. The molecule has 4 nitrogen and oxygen atoms in total. The minimum atomic E-state index is -0.838. The van der Waals surface area contributed by atoms with Gasteiger partial charge in [0.1, 0.15) is 0 Å². The van der Waals surface area contributed by atoms with Crippen molar-refractivity contribution in [2.45, 2.75) is 39.7 Å². The van der Waals surface area contributed by atoms with Crippen molar-refractivity contribution in [2.75, 3.05) is 13.1 Å². The number of carboxylic acids is 1. The van der Waals surface area contributed by atoms with Gasteiger partial charge >= 0.3 is 5.97 Å². The zero-order valence-corrected chi connectivity index (χ0v) is 12.7. The quantitative estimate of drug-likeness (QED) is 0.903. The van der Waals surface area contributed by atoms with Gasteiger partial charge in [0.15, 0.2) is 0 Å². The van der Waals surface area contributed by atoms with Crippen LogP contribution < -0.4 is 0 Å². The van der Waals surface area contributed by atoms with E-state index in [1.807, 2.05) is 12.1 Å². The molecular formula is C17H22N2O2. The molecule has 0 fully saturated rings. The SMILES string of the molecule is CC(C)(CCC#N)CN1CCc2c(cccc2C(=O)O)C1. The van der Waals surface area contributed by atoms with E-state index in [1.54, 1.807) is 6.07 Å². The summed E-state index contributed by atoms with van der Waals surface area (Å²) in [5.41, 5.74) is 2.65. The number of rotatable bonds is 5. The molecule has 0 atom stereocenters. The van der Waals surface area contributed by atoms with Crippen LogP contribution in [0, 0.1) is 16.7 Å². The minimum Gasteiger partial charge on any atom is -0.478 e. The summed E-state index contributed by atoms with van der Waals surface area (Å²) in [6.45, 7) is 6.99. The maximum absolute atomic E-state index is 11.3. The number of carboxylic acid groups (broad SMARTS) is 1. The first kappa shape index (κ1) is 15.5. The molecule has 2 rings (SSSR count). The van der Waals surface area contributed by atoms with E-state index < -0.39 is 5.97 Å². The zero-order chi connectivity index (χ0) is 15.5. The number of hydrogen-bond acceptors (Lipinski definition) is 3. The number of benzene rings is 1. The van der Waals surface area contributed by atoms with Crippen LogP contribution >= 0.6 is 0 Å². The first-order valence-electron chi connectivity index (χ1n) is 7.36. The molecule has 0 aromatic heterocycles. The molecule has 1 N–H and O–H groups in total. The number of nitriles is 1. The summed E-state index contributed by atoms with van der Waals surface area (Å²) in [6.07, 6.45) is 2.26. The third-order valence-electron chi connectivity index (χ3n) is 4.14. The summed E-state index contributed by atoms with van der Waals surface area (Å²) in [6, 6.07) is 7.75. The highest BCUT2D eigenvalue weighted by Crippen LogP contribution is 2.28. The lowest BCUT2D eigenvalue weighted by atomic mass is 9.86. The second-order valence-corrected chi connectivity index (χ2v) is 6.53. The van der Waals surface area contributed by atoms with Crippen LogP contribution in [0.15, 0.2) is 18.2 Å². The van der Waals surface area contributed by atoms with E-state index in [9.17, 15) is 9.90 Å². The summed E-state index contributed by atoms with van der Waals surface area (Å²) in [7, 11) is 0. The lowest BCUT2D eigenvalue weighted by Gasteiger charge is -2.35. The highest BCUT2D eigenvalue weighted by atomic mass is 16.4. The predicted octanol–water partition coefficient (Wildman–Crippen LogP) is 3.07. The van der Waals surface area contributed by atoms with Gasteiger partial charge in [-0.1, -0.05) is 26.0 Å². The fourth-order valence-corrected chi connectivity index (χ4v) is 3.08. The molecule has 21 heavy (non-hydrogen) atoms. The first-order valence-corrected chi connectivity index (χ1v) is 7.36. The Morgan fingerprint density at radius 2 is 2.24 bits per heavy atom. The Hall–Kier alpha value is -1.86. The maximum Gasteiger partial charge on any atom is 0.335 e. The van der Waals surface area contributed by atoms with E-state index in [2.05, 4.69) is 24.8 Å². The Bertz CT molecular complexity index is 573. The molecule has 1 aromatic rings. The van der Waals surface area contributed by atoms with Crippen LogP contribution in [-0.2, 0) is 13.0 Å². The number of hydrogen-bond donors (Lipinski definition) is 1. The van der Waals surface area contributed by atoms with Crippen molar-refractivity contribution >= 4 is 5.97 Å². The van der Waals surface area contributed by atoms with Gasteiger partial charge in [-0.2, -0.15) is 5.26 Å². The molecule has 0 radical (unpaired) electrons. The summed E-state index contributed by atoms with van der Waals surface area (Å²) < 4.78 is 0. The van der Waals surface area contributed by atoms with Gasteiger partial charge in [-0.15, -0.1) is 0 Å². The van der Waals surface area contributed by atoms with Gasteiger partial charge in [-0.25, -0.2) is 4.79 Å². The molecule has 0 saturated heterocycles. The molecule has 1 aromatic carbocycles. The van der Waals surface area contributed by atoms with Crippen molar-refractivity contribution in [3.8, 4) is 6.07 Å². The fraction of sp³-hybridized carbons (Fsp3) is 0.529. The third kappa shape index (κ3) is 3.83. The van der Waals surface area contributed by atoms with Crippen LogP contribution in [0.4, 0.5) is 0 Å². The van der Waals surface area contributed by atoms with Crippen molar-refractivity contribution < 1.29 is 9.90 Å². The Morgan fingerprint density at radius 3 is 2.90 bits per heavy atom. The topological polar surface area (TPSA) is 64.3 Å². The molecule has 1 aliphatic heterocycles. The molecular weight excluding hydrogens is 264 g/mol. The number of aromatic carboxylic acids is 1. The van der Waals surface area contributed by atoms with E-state index in [0.29, 0.717) is 12.0 Å². The number of fused-ring (bicyclic) bond motifs is 1. The lowest BCUT2D eigenvalue weighted by molar-refractivity contribution is 0.0694. The molecule has 112 valence electrons. The second-order valence-electron chi connectivity index (χ2n) is 6.53. The second kappa shape index (κ2) is 6.28. The van der Waals surface area contributed by atoms with E-state index in [1.165, 1.54) is 0 Å². The molecule has 0 bridgehead atoms. The molecule has 1 aliphatic rings. The van der Waals surface area contributed by atoms with Gasteiger partial charge in [0.25, 0.3) is 0 Å². The van der Waals surface area contributed by atoms with Gasteiger partial charge < -0.3 is 5.11 Å². The summed E-state index contributed by atoms with van der Waals surface area (Å²) in [5.74, 6) is -0.838. The van der Waals surface area contributed by atoms with Gasteiger partial charge in [0.2, 0.25) is 0 Å². The molecule has 0 amide bonds. The molecule has 0 spiro atoms. The standard InChI is InChI=1S/C17H22N2O2/c1-17(2,8-4-9-18)12-19-10-7-14-13(11-19)5-3-6-15(14)16(20)21/h3,5-6H,4,7-8,10-12H2,1-2H3,(H,20,21). The molecule has 1 heterocycles. The van der Waals surface area contributed by atoms with Crippen molar-refractivity contribution in [1.82, 2.24) is 4.90 Å². The number of nitrogens with zero attached hydrogens (tertiary/aromatic N) is 2. The molecule has 0 saturated carbocycles. The predicted molar refractivity (Wildman–Crippen MR) is 81.0 cm³/mol. The van der Waals surface area contributed by atoms with Gasteiger partial charge in [-0.3, -0.25) is 4.90 Å². The minimum absolute atomic E-state index is 0.109. The smallest absolute Gasteiger partial charge is 0.335 e. The van der Waals surface area contributed by atoms with Crippen LogP contribution in [-0.4, -0.2) is 29.1 Å². The monoisotopic (exact) mass is 286 g/mol. The maximum atomic E-state index is 11.3. The van der Waals surface area contributed by atoms with Crippen molar-refractivity contribution in [2.24, 2.45) is 5.41 Å². The average Bonchev–Trinajstić information content (AvgIpc) is 2.43. The highest BCUT2D eigenvalue weighted by molar-refractivity contribution is 5.89. The van der Waals surface area contributed by atoms with Gasteiger partial charge in [0.05, 0.1) is 11.6 Å². The van der Waals surface area contributed by atoms with Crippen molar-refractivity contribution in [3.05, 3.63) is 34.9 Å². The molecule has 0 unspecified atom stereocenters. The first-order chi connectivity index (χ1) is 9.93. The molecule has 4 heteroatoms. The van der Waals surface area contributed by atoms with Crippen molar-refractivity contribution in [3.63, 3.8) is 0 Å². The van der Waals surface area contributed by atoms with Crippen molar-refractivity contribution in [1.29, 1.82) is 5.26 Å². The van der Waals surface area contributed by atoms with E-state index in [4.69, 9.17) is 5.26 Å². The third-order valence-corrected chi connectivity index (χ3v) is 4.14. The Morgan fingerprint density at radius 1 is 1.48 bits per heavy atom. The number of carbonyl (C=O) groups is 1. The van der Waals surface area contributed by atoms with Crippen LogP contribution in [0.3, 0.4) is 0 Å². The van der Waals surface area contributed by atoms with Gasteiger partial charge in [0, 0.05) is 26.1 Å².